The summed E-state index contributed by atoms with van der Waals surface area (Å²) in [5.74, 6) is 0.0413. The Labute approximate surface area is 130 Å². The Kier molecular flexibility index (Phi) is 19.3. The van der Waals surface area contributed by atoms with Crippen LogP contribution in [-0.4, -0.2) is 29.0 Å². The number of carbonyl (C=O) groups is 1. The van der Waals surface area contributed by atoms with Crippen molar-refractivity contribution in [1.82, 2.24) is 0 Å². The van der Waals surface area contributed by atoms with E-state index < -0.39 is 16.4 Å². The normalized spacial score (nSPS) is 11.7. The van der Waals surface area contributed by atoms with Crippen LogP contribution >= 0.6 is 26.8 Å². The molecule has 0 rings (SSSR count). The molecule has 0 aromatic carbocycles. The van der Waals surface area contributed by atoms with Crippen molar-refractivity contribution in [2.24, 2.45) is 5.92 Å². The standard InChI is InChI=1S/C12H24O2.3ClH.Sn.H/c1-4-6-7-8-9-10-11(3)12(13)14-5-2;;;;;/h11H,4-10H2,1-3H3;3*1H;;/q;;;;+3;/p-3. The third kappa shape index (κ3) is 19.5. The maximum absolute atomic E-state index is 11.2. The Morgan fingerprint density at radius 3 is 2.06 bits per heavy atom. The van der Waals surface area contributed by atoms with Gasteiger partial charge in [-0.15, -0.1) is 0 Å². The van der Waals surface area contributed by atoms with Gasteiger partial charge in [0.2, 0.25) is 0 Å². The molecule has 0 aliphatic carbocycles. The van der Waals surface area contributed by atoms with Gasteiger partial charge in [-0.05, 0) is 13.3 Å². The third-order valence-corrected chi connectivity index (χ3v) is 2.43. The molecule has 0 spiro atoms. The van der Waals surface area contributed by atoms with Crippen molar-refractivity contribution < 1.29 is 9.53 Å². The van der Waals surface area contributed by atoms with Crippen LogP contribution in [0.1, 0.15) is 59.3 Å². The fourth-order valence-corrected chi connectivity index (χ4v) is 1.46. The zero-order valence-corrected chi connectivity index (χ0v) is 17.1. The van der Waals surface area contributed by atoms with E-state index in [0.29, 0.717) is 6.61 Å². The van der Waals surface area contributed by atoms with Crippen molar-refractivity contribution in [1.29, 1.82) is 0 Å². The molecule has 1 unspecified atom stereocenters. The Balaban J connectivity index is 0. The second-order valence-corrected chi connectivity index (χ2v) is 18.8. The summed E-state index contributed by atoms with van der Waals surface area (Å²) in [4.78, 5) is 11.2. The van der Waals surface area contributed by atoms with E-state index in [4.69, 9.17) is 31.5 Å². The second-order valence-electron chi connectivity index (χ2n) is 4.10. The van der Waals surface area contributed by atoms with E-state index in [1.54, 1.807) is 0 Å². The van der Waals surface area contributed by atoms with Crippen LogP contribution in [0.5, 0.6) is 0 Å². The first-order chi connectivity index (χ1) is 8.45. The number of hydrogen-bond acceptors (Lipinski definition) is 2. The monoisotopic (exact) mass is 426 g/mol. The van der Waals surface area contributed by atoms with Crippen LogP contribution in [0.3, 0.4) is 0 Å². The average Bonchev–Trinajstić information content (AvgIpc) is 2.28. The Hall–Kier alpha value is 1.14. The number of halogens is 3. The van der Waals surface area contributed by atoms with Crippen molar-refractivity contribution in [2.75, 3.05) is 6.61 Å². The predicted octanol–water partition coefficient (Wildman–Crippen LogP) is 4.97. The van der Waals surface area contributed by atoms with Gasteiger partial charge in [-0.25, -0.2) is 0 Å². The van der Waals surface area contributed by atoms with E-state index in [1.165, 1.54) is 25.7 Å². The average molecular weight is 426 g/mol. The topological polar surface area (TPSA) is 26.3 Å². The molecule has 0 fully saturated rings. The first-order valence-electron chi connectivity index (χ1n) is 6.54. The Bertz CT molecular complexity index is 189. The van der Waals surface area contributed by atoms with E-state index in [0.717, 1.165) is 12.8 Å². The molecule has 0 aromatic rings. The van der Waals surface area contributed by atoms with Gasteiger partial charge in [0.25, 0.3) is 0 Å². The Morgan fingerprint density at radius 1 is 1.11 bits per heavy atom. The summed E-state index contributed by atoms with van der Waals surface area (Å²) < 4.78 is 4.94. The van der Waals surface area contributed by atoms with Crippen LogP contribution in [0.4, 0.5) is 0 Å². The molecule has 1 atom stereocenters. The number of ether oxygens (including phenoxy) is 1. The van der Waals surface area contributed by atoms with Crippen LogP contribution in [0, 0.1) is 5.92 Å². The van der Waals surface area contributed by atoms with Gasteiger partial charge in [0.1, 0.15) is 0 Å². The van der Waals surface area contributed by atoms with E-state index in [-0.39, 0.29) is 11.9 Å². The van der Waals surface area contributed by atoms with Crippen LogP contribution < -0.4 is 0 Å². The van der Waals surface area contributed by atoms with Gasteiger partial charge < -0.3 is 4.74 Å². The van der Waals surface area contributed by atoms with Gasteiger partial charge in [0.05, 0.1) is 12.5 Å². The number of hydrogen-bond donors (Lipinski definition) is 0. The van der Waals surface area contributed by atoms with Crippen molar-refractivity contribution in [3.8, 4) is 0 Å². The summed E-state index contributed by atoms with van der Waals surface area (Å²) in [6.45, 7) is 6.52. The van der Waals surface area contributed by atoms with Crippen molar-refractivity contribution >= 4 is 49.1 Å². The SMILES string of the molecule is CCCCCCCC(C)C(=O)OCC.[Cl][SnH]([Cl])[Cl]. The van der Waals surface area contributed by atoms with E-state index in [9.17, 15) is 4.79 Å². The maximum atomic E-state index is 11.2. The molecule has 0 aliphatic heterocycles. The van der Waals surface area contributed by atoms with E-state index >= 15 is 0 Å². The summed E-state index contributed by atoms with van der Waals surface area (Å²) in [7, 11) is 15.0. The predicted molar refractivity (Wildman–Crippen MR) is 83.9 cm³/mol. The van der Waals surface area contributed by atoms with Gasteiger partial charge in [0, 0.05) is 0 Å². The molecule has 0 aromatic heterocycles. The fourth-order valence-electron chi connectivity index (χ4n) is 1.46. The molecular weight excluding hydrogens is 401 g/mol. The third-order valence-electron chi connectivity index (χ3n) is 2.43. The number of unbranched alkanes of at least 4 members (excludes halogenated alkanes) is 4. The summed E-state index contributed by atoms with van der Waals surface area (Å²) in [5.41, 5.74) is 0. The van der Waals surface area contributed by atoms with Gasteiger partial charge in [-0.3, -0.25) is 4.79 Å². The zero-order chi connectivity index (χ0) is 14.4. The molecule has 0 saturated heterocycles. The molecule has 0 saturated carbocycles. The minimum absolute atomic E-state index is 0.0389. The Morgan fingerprint density at radius 2 is 1.61 bits per heavy atom. The molecule has 0 bridgehead atoms. The molecule has 0 heterocycles. The van der Waals surface area contributed by atoms with Gasteiger partial charge in [-0.1, -0.05) is 46.0 Å². The summed E-state index contributed by atoms with van der Waals surface area (Å²) in [6.07, 6.45) is 7.26. The van der Waals surface area contributed by atoms with Gasteiger partial charge >= 0.3 is 49.1 Å². The number of carbonyl (C=O) groups excluding carboxylic acids is 1. The zero-order valence-electron chi connectivity index (χ0n) is 11.6. The molecule has 110 valence electrons. The summed E-state index contributed by atoms with van der Waals surface area (Å²) in [6, 6.07) is 0. The van der Waals surface area contributed by atoms with Gasteiger partial charge in [-0.2, -0.15) is 0 Å². The molecule has 0 amide bonds. The molecule has 6 heteroatoms. The van der Waals surface area contributed by atoms with Gasteiger partial charge in [0.15, 0.2) is 0 Å². The number of esters is 1. The molecule has 0 radical (unpaired) electrons. The van der Waals surface area contributed by atoms with Crippen LogP contribution in [0.2, 0.25) is 0 Å². The first-order valence-corrected chi connectivity index (χ1v) is 19.1. The van der Waals surface area contributed by atoms with Crippen LogP contribution in [0.15, 0.2) is 0 Å². The molecule has 0 aliphatic rings. The molecule has 18 heavy (non-hydrogen) atoms. The van der Waals surface area contributed by atoms with E-state index in [1.807, 2.05) is 13.8 Å². The first kappa shape index (κ1) is 21.4. The van der Waals surface area contributed by atoms with Crippen LogP contribution in [-0.2, 0) is 9.53 Å². The molecular formula is C12H25Cl3O2Sn. The second kappa shape index (κ2) is 16.2. The number of rotatable bonds is 8. The van der Waals surface area contributed by atoms with Crippen LogP contribution in [0.25, 0.3) is 0 Å². The molecule has 0 N–H and O–H groups in total. The minimum atomic E-state index is -2.22. The summed E-state index contributed by atoms with van der Waals surface area (Å²) >= 11 is -2.22. The quantitative estimate of drug-likeness (QED) is 0.311. The van der Waals surface area contributed by atoms with Crippen molar-refractivity contribution in [3.05, 3.63) is 0 Å². The summed E-state index contributed by atoms with van der Waals surface area (Å²) in [5, 5.41) is 0. The fraction of sp³-hybridized carbons (Fsp3) is 0.917. The van der Waals surface area contributed by atoms with Crippen molar-refractivity contribution in [3.63, 3.8) is 0 Å². The van der Waals surface area contributed by atoms with E-state index in [2.05, 4.69) is 6.92 Å². The molecule has 2 nitrogen and oxygen atoms in total. The van der Waals surface area contributed by atoms with Crippen molar-refractivity contribution in [2.45, 2.75) is 59.3 Å².